The van der Waals surface area contributed by atoms with Gasteiger partial charge in [0.1, 0.15) is 10.7 Å². The summed E-state index contributed by atoms with van der Waals surface area (Å²) in [6, 6.07) is 0.761. The Kier molecular flexibility index (Phi) is 3.84. The number of carboxylic acids is 1. The van der Waals surface area contributed by atoms with Gasteiger partial charge in [0.05, 0.1) is 6.54 Å². The number of hydrogen-bond acceptors (Lipinski definition) is 6. The lowest BCUT2D eigenvalue weighted by molar-refractivity contribution is -0.141. The van der Waals surface area contributed by atoms with Crippen LogP contribution in [0, 0.1) is 0 Å². The van der Waals surface area contributed by atoms with Gasteiger partial charge in [0.15, 0.2) is 5.69 Å². The molecule has 0 atom stereocenters. The molecule has 0 fully saturated rings. The molecule has 6 nitrogen and oxygen atoms in total. The molecule has 0 saturated carbocycles. The Balaban J connectivity index is 2.05. The molecule has 2 aromatic rings. The van der Waals surface area contributed by atoms with Gasteiger partial charge in [-0.3, -0.25) is 0 Å². The second-order valence-electron chi connectivity index (χ2n) is 3.55. The number of thiazole rings is 1. The van der Waals surface area contributed by atoms with Gasteiger partial charge in [-0.25, -0.2) is 19.7 Å². The van der Waals surface area contributed by atoms with Crippen LogP contribution in [-0.4, -0.2) is 26.0 Å². The molecule has 0 amide bonds. The molecular weight excluding hydrogens is 297 g/mol. The maximum atomic E-state index is 12.4. The molecule has 0 aliphatic carbocycles. The molecule has 20 heavy (non-hydrogen) atoms. The fourth-order valence-electron chi connectivity index (χ4n) is 1.25. The highest BCUT2D eigenvalue weighted by Gasteiger charge is 2.32. The van der Waals surface area contributed by atoms with E-state index in [1.54, 1.807) is 0 Å². The Labute approximate surface area is 114 Å². The van der Waals surface area contributed by atoms with Crippen LogP contribution in [0.15, 0.2) is 17.6 Å². The van der Waals surface area contributed by atoms with Gasteiger partial charge in [0.25, 0.3) is 0 Å². The first-order valence-corrected chi connectivity index (χ1v) is 6.06. The number of aromatic nitrogens is 3. The molecular formula is C10H7F3N4O2S. The van der Waals surface area contributed by atoms with Crippen molar-refractivity contribution < 1.29 is 23.1 Å². The standard InChI is InChI=1S/C10H7F3N4O2S/c11-10(12,13)6-1-2-14-9(17-6)15-3-7-16-5(4-20-7)8(18)19/h1-2,4H,3H2,(H,18,19)(H,14,15,17). The lowest BCUT2D eigenvalue weighted by Gasteiger charge is -2.07. The smallest absolute Gasteiger partial charge is 0.433 e. The first kappa shape index (κ1) is 14.2. The number of aromatic carboxylic acids is 1. The van der Waals surface area contributed by atoms with Crippen LogP contribution in [0.4, 0.5) is 19.1 Å². The van der Waals surface area contributed by atoms with Crippen molar-refractivity contribution in [2.45, 2.75) is 12.7 Å². The Hall–Kier alpha value is -2.23. The summed E-state index contributed by atoms with van der Waals surface area (Å²) in [5, 5.41) is 13.0. The minimum atomic E-state index is -4.54. The van der Waals surface area contributed by atoms with Crippen molar-refractivity contribution in [3.63, 3.8) is 0 Å². The summed E-state index contributed by atoms with van der Waals surface area (Å²) in [6.45, 7) is 0.0409. The van der Waals surface area contributed by atoms with Gasteiger partial charge in [-0.1, -0.05) is 0 Å². The molecule has 2 aromatic heterocycles. The number of hydrogen-bond donors (Lipinski definition) is 2. The Morgan fingerprint density at radius 3 is 2.75 bits per heavy atom. The molecule has 0 spiro atoms. The number of rotatable bonds is 4. The van der Waals surface area contributed by atoms with Crippen LogP contribution in [0.3, 0.4) is 0 Å². The zero-order chi connectivity index (χ0) is 14.8. The van der Waals surface area contributed by atoms with Gasteiger partial charge in [-0.2, -0.15) is 13.2 Å². The fraction of sp³-hybridized carbons (Fsp3) is 0.200. The topological polar surface area (TPSA) is 88.0 Å². The summed E-state index contributed by atoms with van der Waals surface area (Å²) >= 11 is 1.07. The minimum absolute atomic E-state index is 0.0409. The second kappa shape index (κ2) is 5.41. The molecule has 2 rings (SSSR count). The molecule has 0 aliphatic heterocycles. The quantitative estimate of drug-likeness (QED) is 0.901. The van der Waals surface area contributed by atoms with E-state index < -0.39 is 17.8 Å². The molecule has 0 saturated heterocycles. The van der Waals surface area contributed by atoms with Crippen molar-refractivity contribution in [1.82, 2.24) is 15.0 Å². The number of nitrogens with zero attached hydrogens (tertiary/aromatic N) is 3. The number of halogens is 3. The lowest BCUT2D eigenvalue weighted by atomic mass is 10.4. The lowest BCUT2D eigenvalue weighted by Crippen LogP contribution is -2.11. The van der Waals surface area contributed by atoms with E-state index in [1.165, 1.54) is 5.38 Å². The predicted octanol–water partition coefficient (Wildman–Crippen LogP) is 2.26. The Morgan fingerprint density at radius 1 is 1.40 bits per heavy atom. The molecule has 10 heteroatoms. The minimum Gasteiger partial charge on any atom is -0.476 e. The summed E-state index contributed by atoms with van der Waals surface area (Å²) in [4.78, 5) is 21.4. The van der Waals surface area contributed by atoms with Crippen molar-refractivity contribution in [1.29, 1.82) is 0 Å². The van der Waals surface area contributed by atoms with Crippen molar-refractivity contribution >= 4 is 23.3 Å². The Morgan fingerprint density at radius 2 is 2.15 bits per heavy atom. The molecule has 0 unspecified atom stereocenters. The third-order valence-electron chi connectivity index (χ3n) is 2.11. The van der Waals surface area contributed by atoms with Gasteiger partial charge >= 0.3 is 12.1 Å². The highest BCUT2D eigenvalue weighted by Crippen LogP contribution is 2.27. The summed E-state index contributed by atoms with van der Waals surface area (Å²) in [5.41, 5.74) is -1.17. The molecule has 2 N–H and O–H groups in total. The van der Waals surface area contributed by atoms with Crippen LogP contribution < -0.4 is 5.32 Å². The van der Waals surface area contributed by atoms with Crippen molar-refractivity contribution in [2.24, 2.45) is 0 Å². The number of carbonyl (C=O) groups is 1. The van der Waals surface area contributed by atoms with Crippen molar-refractivity contribution in [3.8, 4) is 0 Å². The first-order chi connectivity index (χ1) is 9.36. The largest absolute Gasteiger partial charge is 0.476 e. The summed E-state index contributed by atoms with van der Waals surface area (Å²) in [5.74, 6) is -1.37. The SMILES string of the molecule is O=C(O)c1csc(CNc2nccc(C(F)(F)F)n2)n1. The number of carboxylic acid groups (broad SMARTS) is 1. The molecule has 106 valence electrons. The highest BCUT2D eigenvalue weighted by atomic mass is 32.1. The van der Waals surface area contributed by atoms with E-state index in [-0.39, 0.29) is 18.2 Å². The van der Waals surface area contributed by atoms with Gasteiger partial charge < -0.3 is 10.4 Å². The first-order valence-electron chi connectivity index (χ1n) is 5.18. The maximum Gasteiger partial charge on any atom is 0.433 e. The zero-order valence-corrected chi connectivity index (χ0v) is 10.5. The molecule has 0 radical (unpaired) electrons. The van der Waals surface area contributed by atoms with Crippen LogP contribution >= 0.6 is 11.3 Å². The van der Waals surface area contributed by atoms with Crippen LogP contribution in [0.1, 0.15) is 21.2 Å². The second-order valence-corrected chi connectivity index (χ2v) is 4.49. The third kappa shape index (κ3) is 3.41. The van der Waals surface area contributed by atoms with Crippen molar-refractivity contribution in [3.05, 3.63) is 34.0 Å². The summed E-state index contributed by atoms with van der Waals surface area (Å²) < 4.78 is 37.3. The van der Waals surface area contributed by atoms with E-state index in [4.69, 9.17) is 5.11 Å². The zero-order valence-electron chi connectivity index (χ0n) is 9.68. The number of nitrogens with one attached hydrogen (secondary N) is 1. The van der Waals surface area contributed by atoms with Gasteiger partial charge in [-0.15, -0.1) is 11.3 Å². The normalized spacial score (nSPS) is 11.3. The third-order valence-corrected chi connectivity index (χ3v) is 2.96. The van der Waals surface area contributed by atoms with Crippen LogP contribution in [0.2, 0.25) is 0 Å². The number of alkyl halides is 3. The van der Waals surface area contributed by atoms with Gasteiger partial charge in [0, 0.05) is 11.6 Å². The molecule has 0 bridgehead atoms. The van der Waals surface area contributed by atoms with Crippen LogP contribution in [-0.2, 0) is 12.7 Å². The van der Waals surface area contributed by atoms with E-state index in [2.05, 4.69) is 20.3 Å². The number of anilines is 1. The molecule has 0 aliphatic rings. The fourth-order valence-corrected chi connectivity index (χ4v) is 1.95. The Bertz CT molecular complexity index is 629. The van der Waals surface area contributed by atoms with E-state index in [9.17, 15) is 18.0 Å². The van der Waals surface area contributed by atoms with Gasteiger partial charge in [0.2, 0.25) is 5.95 Å². The van der Waals surface area contributed by atoms with E-state index in [1.807, 2.05) is 0 Å². The molecule has 0 aromatic carbocycles. The van der Waals surface area contributed by atoms with Crippen LogP contribution in [0.25, 0.3) is 0 Å². The average Bonchev–Trinajstić information content (AvgIpc) is 2.85. The van der Waals surface area contributed by atoms with E-state index in [0.29, 0.717) is 5.01 Å². The maximum absolute atomic E-state index is 12.4. The molecule has 2 heterocycles. The predicted molar refractivity (Wildman–Crippen MR) is 63.4 cm³/mol. The monoisotopic (exact) mass is 304 g/mol. The summed E-state index contributed by atoms with van der Waals surface area (Å²) in [6.07, 6.45) is -3.56. The van der Waals surface area contributed by atoms with Crippen molar-refractivity contribution in [2.75, 3.05) is 5.32 Å². The average molecular weight is 304 g/mol. The van der Waals surface area contributed by atoms with E-state index in [0.717, 1.165) is 23.6 Å². The van der Waals surface area contributed by atoms with Gasteiger partial charge in [-0.05, 0) is 6.07 Å². The highest BCUT2D eigenvalue weighted by molar-refractivity contribution is 7.09. The summed E-state index contributed by atoms with van der Waals surface area (Å²) in [7, 11) is 0. The van der Waals surface area contributed by atoms with E-state index >= 15 is 0 Å². The van der Waals surface area contributed by atoms with Crippen LogP contribution in [0.5, 0.6) is 0 Å².